The number of carbonyl (C=O) groups is 1. The first kappa shape index (κ1) is 19.4. The number of rotatable bonds is 6. The molecule has 7 heteroatoms. The number of benzene rings is 2. The maximum atomic E-state index is 13.2. The quantitative estimate of drug-likeness (QED) is 0.445. The molecule has 0 unspecified atom stereocenters. The van der Waals surface area contributed by atoms with Crippen molar-refractivity contribution in [3.63, 3.8) is 0 Å². The Morgan fingerprint density at radius 1 is 1.10 bits per heavy atom. The first-order valence-electron chi connectivity index (χ1n) is 9.55. The molecule has 152 valence electrons. The van der Waals surface area contributed by atoms with E-state index in [1.165, 1.54) is 10.9 Å². The van der Waals surface area contributed by atoms with Gasteiger partial charge in [0.25, 0.3) is 5.56 Å². The van der Waals surface area contributed by atoms with Crippen molar-refractivity contribution in [2.45, 2.75) is 20.4 Å². The molecule has 4 aromatic rings. The average molecular weight is 404 g/mol. The number of hydrogen-bond acceptors (Lipinski definition) is 6. The van der Waals surface area contributed by atoms with Gasteiger partial charge < -0.3 is 13.9 Å². The van der Waals surface area contributed by atoms with E-state index in [1.807, 2.05) is 54.6 Å². The lowest BCUT2D eigenvalue weighted by Gasteiger charge is -2.12. The molecule has 0 aliphatic rings. The Hall–Kier alpha value is -3.87. The molecule has 2 aromatic heterocycles. The highest BCUT2D eigenvalue weighted by atomic mass is 16.5. The Kier molecular flexibility index (Phi) is 5.34. The summed E-state index contributed by atoms with van der Waals surface area (Å²) in [4.78, 5) is 29.7. The minimum absolute atomic E-state index is 0.116. The van der Waals surface area contributed by atoms with Crippen molar-refractivity contribution in [1.29, 1.82) is 0 Å². The first-order chi connectivity index (χ1) is 14.6. The number of carbonyl (C=O) groups excluding carboxylic acids is 1. The molecule has 7 nitrogen and oxygen atoms in total. The third-order valence-corrected chi connectivity index (χ3v) is 4.62. The fourth-order valence-electron chi connectivity index (χ4n) is 3.23. The van der Waals surface area contributed by atoms with Gasteiger partial charge in [-0.1, -0.05) is 36.4 Å². The number of para-hydroxylation sites is 2. The van der Waals surface area contributed by atoms with Gasteiger partial charge in [0.05, 0.1) is 13.2 Å². The smallest absolute Gasteiger partial charge is 0.342 e. The Balaban J connectivity index is 1.74. The molecule has 2 aromatic carbocycles. The van der Waals surface area contributed by atoms with Gasteiger partial charge in [-0.25, -0.2) is 9.78 Å². The van der Waals surface area contributed by atoms with Crippen LogP contribution < -0.4 is 10.3 Å². The standard InChI is InChI=1S/C23H20N2O5/c1-3-28-23(27)19-15(2)29-21-20(19)22(26)25(14-24-21)13-16-9-7-8-12-18(16)30-17-10-5-4-6-11-17/h4-12,14H,3,13H2,1-2H3. The topological polar surface area (TPSA) is 83.6 Å². The number of esters is 1. The fraction of sp³-hybridized carbons (Fsp3) is 0.174. The van der Waals surface area contributed by atoms with Crippen LogP contribution in [-0.4, -0.2) is 22.1 Å². The molecule has 0 amide bonds. The zero-order valence-electron chi connectivity index (χ0n) is 16.6. The second-order valence-electron chi connectivity index (χ2n) is 6.63. The highest BCUT2D eigenvalue weighted by Gasteiger charge is 2.24. The van der Waals surface area contributed by atoms with Crippen LogP contribution in [0.4, 0.5) is 0 Å². The minimum atomic E-state index is -0.599. The van der Waals surface area contributed by atoms with Crippen LogP contribution in [0.1, 0.15) is 28.6 Å². The zero-order chi connectivity index (χ0) is 21.1. The van der Waals surface area contributed by atoms with Gasteiger partial charge in [0, 0.05) is 5.56 Å². The molecule has 0 saturated carbocycles. The fourth-order valence-corrected chi connectivity index (χ4v) is 3.23. The highest BCUT2D eigenvalue weighted by molar-refractivity contribution is 6.03. The summed E-state index contributed by atoms with van der Waals surface area (Å²) in [5, 5.41) is 0.120. The maximum absolute atomic E-state index is 13.2. The Labute approximate surface area is 172 Å². The molecule has 0 aliphatic heterocycles. The average Bonchev–Trinajstić information content (AvgIpc) is 3.09. The lowest BCUT2D eigenvalue weighted by atomic mass is 10.1. The zero-order valence-corrected chi connectivity index (χ0v) is 16.6. The molecular formula is C23H20N2O5. The molecule has 0 radical (unpaired) electrons. The molecule has 0 spiro atoms. The van der Waals surface area contributed by atoms with E-state index in [0.717, 1.165) is 5.56 Å². The molecule has 4 rings (SSSR count). The van der Waals surface area contributed by atoms with E-state index in [-0.39, 0.29) is 35.4 Å². The largest absolute Gasteiger partial charge is 0.462 e. The van der Waals surface area contributed by atoms with E-state index in [0.29, 0.717) is 17.3 Å². The Morgan fingerprint density at radius 2 is 1.83 bits per heavy atom. The van der Waals surface area contributed by atoms with Crippen molar-refractivity contribution >= 4 is 17.1 Å². The summed E-state index contributed by atoms with van der Waals surface area (Å²) in [5.41, 5.74) is 0.648. The van der Waals surface area contributed by atoms with Gasteiger partial charge in [-0.05, 0) is 32.0 Å². The third kappa shape index (κ3) is 3.69. The monoisotopic (exact) mass is 404 g/mol. The predicted molar refractivity (Wildman–Crippen MR) is 111 cm³/mol. The van der Waals surface area contributed by atoms with Crippen LogP contribution in [0.2, 0.25) is 0 Å². The first-order valence-corrected chi connectivity index (χ1v) is 9.55. The lowest BCUT2D eigenvalue weighted by Crippen LogP contribution is -2.22. The van der Waals surface area contributed by atoms with E-state index >= 15 is 0 Å². The number of hydrogen-bond donors (Lipinski definition) is 0. The number of nitrogens with zero attached hydrogens (tertiary/aromatic N) is 2. The Morgan fingerprint density at radius 3 is 2.60 bits per heavy atom. The van der Waals surface area contributed by atoms with Gasteiger partial charge >= 0.3 is 5.97 Å². The second-order valence-corrected chi connectivity index (χ2v) is 6.63. The van der Waals surface area contributed by atoms with Gasteiger partial charge in [0.1, 0.15) is 34.5 Å². The Bertz CT molecular complexity index is 1260. The van der Waals surface area contributed by atoms with E-state index in [2.05, 4.69) is 4.98 Å². The summed E-state index contributed by atoms with van der Waals surface area (Å²) < 4.78 is 18.0. The van der Waals surface area contributed by atoms with Gasteiger partial charge in [0.15, 0.2) is 0 Å². The highest BCUT2D eigenvalue weighted by Crippen LogP contribution is 2.26. The van der Waals surface area contributed by atoms with Gasteiger partial charge in [-0.3, -0.25) is 9.36 Å². The van der Waals surface area contributed by atoms with E-state index in [1.54, 1.807) is 13.8 Å². The molecule has 0 atom stereocenters. The second kappa shape index (κ2) is 8.24. The molecule has 0 N–H and O–H groups in total. The summed E-state index contributed by atoms with van der Waals surface area (Å²) in [7, 11) is 0. The molecule has 0 saturated heterocycles. The third-order valence-electron chi connectivity index (χ3n) is 4.62. The van der Waals surface area contributed by atoms with Crippen molar-refractivity contribution in [2.24, 2.45) is 0 Å². The molecular weight excluding hydrogens is 384 g/mol. The minimum Gasteiger partial charge on any atom is -0.462 e. The molecule has 0 fully saturated rings. The summed E-state index contributed by atoms with van der Waals surface area (Å²) in [6.07, 6.45) is 1.40. The number of furan rings is 1. The van der Waals surface area contributed by atoms with E-state index < -0.39 is 5.97 Å². The normalized spacial score (nSPS) is 10.9. The van der Waals surface area contributed by atoms with Crippen LogP contribution in [0, 0.1) is 6.92 Å². The predicted octanol–water partition coefficient (Wildman–Crippen LogP) is 4.32. The van der Waals surface area contributed by atoms with Crippen LogP contribution in [0.3, 0.4) is 0 Å². The summed E-state index contributed by atoms with van der Waals surface area (Å²) >= 11 is 0. The number of aryl methyl sites for hydroxylation is 1. The SMILES string of the molecule is CCOC(=O)c1c(C)oc2ncn(Cc3ccccc3Oc3ccccc3)c(=O)c12. The van der Waals surface area contributed by atoms with E-state index in [4.69, 9.17) is 13.9 Å². The number of ether oxygens (including phenoxy) is 2. The maximum Gasteiger partial charge on any atom is 0.342 e. The summed E-state index contributed by atoms with van der Waals surface area (Å²) in [5.74, 6) is 1.03. The van der Waals surface area contributed by atoms with Crippen molar-refractivity contribution in [3.05, 3.63) is 88.2 Å². The molecule has 2 heterocycles. The molecule has 0 aliphatic carbocycles. The van der Waals surface area contributed by atoms with Crippen molar-refractivity contribution in [2.75, 3.05) is 6.61 Å². The summed E-state index contributed by atoms with van der Waals surface area (Å²) in [6, 6.07) is 16.9. The van der Waals surface area contributed by atoms with Crippen molar-refractivity contribution < 1.29 is 18.7 Å². The summed E-state index contributed by atoms with van der Waals surface area (Å²) in [6.45, 7) is 3.73. The van der Waals surface area contributed by atoms with Gasteiger partial charge in [-0.2, -0.15) is 0 Å². The van der Waals surface area contributed by atoms with Gasteiger partial charge in [-0.15, -0.1) is 0 Å². The number of aromatic nitrogens is 2. The van der Waals surface area contributed by atoms with E-state index in [9.17, 15) is 9.59 Å². The molecule has 30 heavy (non-hydrogen) atoms. The number of fused-ring (bicyclic) bond motifs is 1. The van der Waals surface area contributed by atoms with Crippen LogP contribution in [0.25, 0.3) is 11.1 Å². The van der Waals surface area contributed by atoms with Gasteiger partial charge in [0.2, 0.25) is 5.71 Å². The lowest BCUT2D eigenvalue weighted by molar-refractivity contribution is 0.0526. The van der Waals surface area contributed by atoms with Crippen LogP contribution in [0.15, 0.2) is 70.1 Å². The van der Waals surface area contributed by atoms with Crippen molar-refractivity contribution in [3.8, 4) is 11.5 Å². The van der Waals surface area contributed by atoms with Crippen LogP contribution >= 0.6 is 0 Å². The van der Waals surface area contributed by atoms with Crippen molar-refractivity contribution in [1.82, 2.24) is 9.55 Å². The van der Waals surface area contributed by atoms with Crippen LogP contribution in [-0.2, 0) is 11.3 Å². The molecule has 0 bridgehead atoms. The van der Waals surface area contributed by atoms with Crippen LogP contribution in [0.5, 0.6) is 11.5 Å².